The smallest absolute Gasteiger partial charge is 0.223 e. The van der Waals surface area contributed by atoms with Crippen LogP contribution in [-0.2, 0) is 11.2 Å². The van der Waals surface area contributed by atoms with Gasteiger partial charge in [-0.2, -0.15) is 4.98 Å². The molecule has 0 bridgehead atoms. The standard InChI is InChI=1S/C15H27N3O2/c1-10(2)9-19-13-8-12(15(13,4)5)16-7-6-14-17-11(3)20-18-14/h10,12-13,16H,6-9H2,1-5H3. The minimum absolute atomic E-state index is 0.196. The molecular weight excluding hydrogens is 254 g/mol. The Morgan fingerprint density at radius 3 is 2.75 bits per heavy atom. The maximum atomic E-state index is 5.97. The Hall–Kier alpha value is -0.940. The van der Waals surface area contributed by atoms with Gasteiger partial charge in [-0.3, -0.25) is 0 Å². The largest absolute Gasteiger partial charge is 0.377 e. The van der Waals surface area contributed by atoms with Crippen LogP contribution in [0.5, 0.6) is 0 Å². The van der Waals surface area contributed by atoms with Crippen molar-refractivity contribution >= 4 is 0 Å². The summed E-state index contributed by atoms with van der Waals surface area (Å²) in [7, 11) is 0. The normalized spacial score (nSPS) is 24.9. The van der Waals surface area contributed by atoms with E-state index in [9.17, 15) is 0 Å². The number of hydrogen-bond donors (Lipinski definition) is 1. The maximum absolute atomic E-state index is 5.97. The highest BCUT2D eigenvalue weighted by molar-refractivity contribution is 5.03. The highest BCUT2D eigenvalue weighted by Crippen LogP contribution is 2.42. The van der Waals surface area contributed by atoms with Crippen LogP contribution >= 0.6 is 0 Å². The lowest BCUT2D eigenvalue weighted by Gasteiger charge is -2.52. The van der Waals surface area contributed by atoms with E-state index >= 15 is 0 Å². The van der Waals surface area contributed by atoms with Crippen LogP contribution in [0.2, 0.25) is 0 Å². The Balaban J connectivity index is 1.70. The molecule has 0 spiro atoms. The minimum Gasteiger partial charge on any atom is -0.377 e. The molecule has 2 unspecified atom stereocenters. The molecular formula is C15H27N3O2. The molecule has 1 saturated carbocycles. The molecule has 1 fully saturated rings. The van der Waals surface area contributed by atoms with Crippen molar-refractivity contribution in [3.63, 3.8) is 0 Å². The Labute approximate surface area is 121 Å². The molecule has 5 nitrogen and oxygen atoms in total. The number of nitrogens with zero attached hydrogens (tertiary/aromatic N) is 2. The van der Waals surface area contributed by atoms with Gasteiger partial charge in [0.05, 0.1) is 6.10 Å². The van der Waals surface area contributed by atoms with Crippen molar-refractivity contribution in [2.24, 2.45) is 11.3 Å². The summed E-state index contributed by atoms with van der Waals surface area (Å²) in [6, 6.07) is 0.507. The van der Waals surface area contributed by atoms with E-state index in [1.807, 2.05) is 6.92 Å². The second kappa shape index (κ2) is 6.22. The zero-order chi connectivity index (χ0) is 14.8. The van der Waals surface area contributed by atoms with Crippen LogP contribution in [-0.4, -0.2) is 35.4 Å². The van der Waals surface area contributed by atoms with Crippen LogP contribution in [0.4, 0.5) is 0 Å². The van der Waals surface area contributed by atoms with Crippen molar-refractivity contribution in [2.45, 2.75) is 59.6 Å². The molecule has 1 aliphatic rings. The van der Waals surface area contributed by atoms with Crippen LogP contribution in [0.3, 0.4) is 0 Å². The highest BCUT2D eigenvalue weighted by atomic mass is 16.5. The molecule has 2 atom stereocenters. The summed E-state index contributed by atoms with van der Waals surface area (Å²) in [4.78, 5) is 4.21. The molecule has 0 radical (unpaired) electrons. The van der Waals surface area contributed by atoms with Gasteiger partial charge in [0.2, 0.25) is 5.89 Å². The van der Waals surface area contributed by atoms with Crippen molar-refractivity contribution < 1.29 is 9.26 Å². The first-order chi connectivity index (χ1) is 9.39. The van der Waals surface area contributed by atoms with Crippen molar-refractivity contribution in [1.82, 2.24) is 15.5 Å². The molecule has 1 heterocycles. The zero-order valence-corrected chi connectivity index (χ0v) is 13.3. The van der Waals surface area contributed by atoms with Crippen molar-refractivity contribution in [1.29, 1.82) is 0 Å². The molecule has 0 amide bonds. The second-order valence-electron chi connectivity index (χ2n) is 6.76. The van der Waals surface area contributed by atoms with E-state index < -0.39 is 0 Å². The number of hydrogen-bond acceptors (Lipinski definition) is 5. The predicted octanol–water partition coefficient (Wildman–Crippen LogP) is 2.35. The maximum Gasteiger partial charge on any atom is 0.223 e. The first kappa shape index (κ1) is 15.4. The summed E-state index contributed by atoms with van der Waals surface area (Å²) in [6.07, 6.45) is 2.27. The third-order valence-electron chi connectivity index (χ3n) is 4.12. The van der Waals surface area contributed by atoms with E-state index in [2.05, 4.69) is 43.2 Å². The van der Waals surface area contributed by atoms with Gasteiger partial charge in [-0.05, 0) is 12.3 Å². The Morgan fingerprint density at radius 2 is 2.20 bits per heavy atom. The molecule has 1 aliphatic carbocycles. The molecule has 114 valence electrons. The predicted molar refractivity (Wildman–Crippen MR) is 77.5 cm³/mol. The molecule has 1 N–H and O–H groups in total. The lowest BCUT2D eigenvalue weighted by Crippen LogP contribution is -2.61. The Bertz CT molecular complexity index is 429. The molecule has 20 heavy (non-hydrogen) atoms. The fourth-order valence-electron chi connectivity index (χ4n) is 2.62. The van der Waals surface area contributed by atoms with Gasteiger partial charge in [0.15, 0.2) is 5.82 Å². The van der Waals surface area contributed by atoms with E-state index in [-0.39, 0.29) is 5.41 Å². The molecule has 1 aromatic heterocycles. The fraction of sp³-hybridized carbons (Fsp3) is 0.867. The molecule has 0 aliphatic heterocycles. The van der Waals surface area contributed by atoms with Gasteiger partial charge < -0.3 is 14.6 Å². The summed E-state index contributed by atoms with van der Waals surface area (Å²) in [5.74, 6) is 2.00. The van der Waals surface area contributed by atoms with E-state index in [4.69, 9.17) is 9.26 Å². The van der Waals surface area contributed by atoms with Crippen LogP contribution in [0, 0.1) is 18.3 Å². The number of nitrogens with one attached hydrogen (secondary N) is 1. The molecule has 5 heteroatoms. The van der Waals surface area contributed by atoms with Gasteiger partial charge >= 0.3 is 0 Å². The minimum atomic E-state index is 0.196. The van der Waals surface area contributed by atoms with Gasteiger partial charge in [-0.15, -0.1) is 0 Å². The second-order valence-corrected chi connectivity index (χ2v) is 6.76. The van der Waals surface area contributed by atoms with Gasteiger partial charge in [0.25, 0.3) is 0 Å². The third-order valence-corrected chi connectivity index (χ3v) is 4.12. The summed E-state index contributed by atoms with van der Waals surface area (Å²) >= 11 is 0. The first-order valence-electron chi connectivity index (χ1n) is 7.53. The summed E-state index contributed by atoms with van der Waals surface area (Å²) < 4.78 is 10.9. The quantitative estimate of drug-likeness (QED) is 0.831. The zero-order valence-electron chi connectivity index (χ0n) is 13.3. The van der Waals surface area contributed by atoms with E-state index in [0.717, 1.165) is 31.8 Å². The van der Waals surface area contributed by atoms with Gasteiger partial charge in [-0.1, -0.05) is 32.9 Å². The van der Waals surface area contributed by atoms with Gasteiger partial charge in [-0.25, -0.2) is 0 Å². The molecule has 0 aromatic carbocycles. The van der Waals surface area contributed by atoms with E-state index in [1.54, 1.807) is 0 Å². The monoisotopic (exact) mass is 281 g/mol. The number of rotatable bonds is 7. The van der Waals surface area contributed by atoms with Crippen molar-refractivity contribution in [3.8, 4) is 0 Å². The average molecular weight is 281 g/mol. The molecule has 2 rings (SSSR count). The third kappa shape index (κ3) is 3.58. The van der Waals surface area contributed by atoms with E-state index in [0.29, 0.717) is 24.0 Å². The van der Waals surface area contributed by atoms with Gasteiger partial charge in [0, 0.05) is 38.0 Å². The van der Waals surface area contributed by atoms with Crippen molar-refractivity contribution in [2.75, 3.05) is 13.2 Å². The summed E-state index contributed by atoms with van der Waals surface area (Å²) in [5, 5.41) is 7.49. The Morgan fingerprint density at radius 1 is 1.45 bits per heavy atom. The SMILES string of the molecule is Cc1nc(CCNC2CC(OCC(C)C)C2(C)C)no1. The number of aromatic nitrogens is 2. The molecule has 1 aromatic rings. The number of ether oxygens (including phenoxy) is 1. The van der Waals surface area contributed by atoms with E-state index in [1.165, 1.54) is 0 Å². The first-order valence-corrected chi connectivity index (χ1v) is 7.53. The van der Waals surface area contributed by atoms with Crippen molar-refractivity contribution in [3.05, 3.63) is 11.7 Å². The topological polar surface area (TPSA) is 60.2 Å². The van der Waals surface area contributed by atoms with Crippen LogP contribution < -0.4 is 5.32 Å². The summed E-state index contributed by atoms with van der Waals surface area (Å²) in [5.41, 5.74) is 0.196. The average Bonchev–Trinajstić information content (AvgIpc) is 2.77. The summed E-state index contributed by atoms with van der Waals surface area (Å²) in [6.45, 7) is 12.5. The number of aryl methyl sites for hydroxylation is 1. The molecule has 0 saturated heterocycles. The highest BCUT2D eigenvalue weighted by Gasteiger charge is 2.48. The Kier molecular flexibility index (Phi) is 4.81. The fourth-order valence-corrected chi connectivity index (χ4v) is 2.62. The van der Waals surface area contributed by atoms with Crippen LogP contribution in [0.15, 0.2) is 4.52 Å². The van der Waals surface area contributed by atoms with Crippen LogP contribution in [0.25, 0.3) is 0 Å². The van der Waals surface area contributed by atoms with Crippen LogP contribution in [0.1, 0.15) is 45.8 Å². The lowest BCUT2D eigenvalue weighted by molar-refractivity contribution is -0.123. The van der Waals surface area contributed by atoms with Gasteiger partial charge in [0.1, 0.15) is 0 Å². The lowest BCUT2D eigenvalue weighted by atomic mass is 9.64.